The van der Waals surface area contributed by atoms with Gasteiger partial charge in [0.05, 0.1) is 18.2 Å². The first kappa shape index (κ1) is 25.5. The van der Waals surface area contributed by atoms with Gasteiger partial charge in [-0.15, -0.1) is 0 Å². The van der Waals surface area contributed by atoms with Crippen LogP contribution in [0.4, 0.5) is 5.82 Å². The van der Waals surface area contributed by atoms with Crippen LogP contribution in [0.3, 0.4) is 0 Å². The molecule has 0 spiro atoms. The number of ether oxygens (including phenoxy) is 1. The van der Waals surface area contributed by atoms with Crippen LogP contribution in [0.5, 0.6) is 0 Å². The SMILES string of the molecule is CCC(CN)C(CNc1ncncc1C(=O)c1ccn(Cc2cccc(C)c2)n1)OC(C)(C)O. The van der Waals surface area contributed by atoms with Crippen LogP contribution in [0.25, 0.3) is 0 Å². The number of nitrogens with two attached hydrogens (primary N) is 1. The predicted molar refractivity (Wildman–Crippen MR) is 130 cm³/mol. The van der Waals surface area contributed by atoms with Gasteiger partial charge in [-0.05, 0) is 51.3 Å². The smallest absolute Gasteiger partial charge is 0.218 e. The highest BCUT2D eigenvalue weighted by Crippen LogP contribution is 2.20. The summed E-state index contributed by atoms with van der Waals surface area (Å²) >= 11 is 0. The highest BCUT2D eigenvalue weighted by Gasteiger charge is 2.27. The molecule has 3 aromatic rings. The van der Waals surface area contributed by atoms with Crippen LogP contribution in [0.15, 0.2) is 49.1 Å². The summed E-state index contributed by atoms with van der Waals surface area (Å²) in [5, 5.41) is 17.8. The number of hydrogen-bond acceptors (Lipinski definition) is 8. The van der Waals surface area contributed by atoms with Crippen molar-refractivity contribution in [2.24, 2.45) is 11.7 Å². The molecule has 0 saturated carbocycles. The van der Waals surface area contributed by atoms with Crippen LogP contribution in [0.2, 0.25) is 0 Å². The maximum absolute atomic E-state index is 13.2. The minimum Gasteiger partial charge on any atom is -0.367 e. The Balaban J connectivity index is 1.75. The Morgan fingerprint density at radius 1 is 1.32 bits per heavy atom. The normalized spacial score (nSPS) is 13.5. The zero-order valence-electron chi connectivity index (χ0n) is 20.2. The third kappa shape index (κ3) is 6.93. The van der Waals surface area contributed by atoms with Crippen molar-refractivity contribution in [1.29, 1.82) is 0 Å². The lowest BCUT2D eigenvalue weighted by molar-refractivity contribution is -0.212. The summed E-state index contributed by atoms with van der Waals surface area (Å²) in [5.74, 6) is -1.19. The van der Waals surface area contributed by atoms with Crippen LogP contribution in [0.1, 0.15) is 54.4 Å². The summed E-state index contributed by atoms with van der Waals surface area (Å²) in [5.41, 5.74) is 8.81. The fraction of sp³-hybridized carbons (Fsp3) is 0.440. The molecule has 0 aliphatic rings. The zero-order valence-corrected chi connectivity index (χ0v) is 20.2. The molecule has 9 nitrogen and oxygen atoms in total. The monoisotopic (exact) mass is 466 g/mol. The van der Waals surface area contributed by atoms with Gasteiger partial charge in [-0.2, -0.15) is 5.10 Å². The van der Waals surface area contributed by atoms with Gasteiger partial charge < -0.3 is 20.9 Å². The Morgan fingerprint density at radius 3 is 2.79 bits per heavy atom. The van der Waals surface area contributed by atoms with Gasteiger partial charge in [-0.3, -0.25) is 9.48 Å². The maximum atomic E-state index is 13.2. The minimum atomic E-state index is -1.32. The van der Waals surface area contributed by atoms with E-state index in [2.05, 4.69) is 26.4 Å². The zero-order chi connectivity index (χ0) is 24.7. The second kappa shape index (κ2) is 11.3. The van der Waals surface area contributed by atoms with Gasteiger partial charge >= 0.3 is 0 Å². The van der Waals surface area contributed by atoms with Crippen molar-refractivity contribution in [2.45, 2.75) is 52.6 Å². The molecule has 34 heavy (non-hydrogen) atoms. The largest absolute Gasteiger partial charge is 0.367 e. The van der Waals surface area contributed by atoms with Gasteiger partial charge in [-0.1, -0.05) is 36.8 Å². The van der Waals surface area contributed by atoms with Crippen molar-refractivity contribution in [3.8, 4) is 0 Å². The van der Waals surface area contributed by atoms with E-state index in [0.29, 0.717) is 36.7 Å². The second-order valence-electron chi connectivity index (χ2n) is 8.89. The molecule has 0 amide bonds. The third-order valence-corrected chi connectivity index (χ3v) is 5.52. The van der Waals surface area contributed by atoms with Crippen LogP contribution >= 0.6 is 0 Å². The standard InChI is InChI=1S/C25H34N6O3/c1-5-19(12-26)22(34-25(3,4)33)14-28-24-20(13-27-16-29-24)23(32)21-9-10-31(30-21)15-18-8-6-7-17(2)11-18/h6-11,13,16,19,22,33H,5,12,14-15,26H2,1-4H3,(H,27,28,29). The molecule has 4 N–H and O–H groups in total. The number of nitrogens with zero attached hydrogens (tertiary/aromatic N) is 4. The molecule has 182 valence electrons. The quantitative estimate of drug-likeness (QED) is 0.275. The first-order chi connectivity index (χ1) is 16.2. The van der Waals surface area contributed by atoms with Crippen molar-refractivity contribution < 1.29 is 14.6 Å². The third-order valence-electron chi connectivity index (χ3n) is 5.52. The van der Waals surface area contributed by atoms with Crippen molar-refractivity contribution in [1.82, 2.24) is 19.7 Å². The first-order valence-corrected chi connectivity index (χ1v) is 11.5. The second-order valence-corrected chi connectivity index (χ2v) is 8.89. The van der Waals surface area contributed by atoms with E-state index in [-0.39, 0.29) is 17.8 Å². The van der Waals surface area contributed by atoms with Crippen molar-refractivity contribution in [3.63, 3.8) is 0 Å². The number of carbonyl (C=O) groups excluding carboxylic acids is 1. The van der Waals surface area contributed by atoms with Crippen LogP contribution in [0, 0.1) is 12.8 Å². The molecule has 2 heterocycles. The van der Waals surface area contributed by atoms with E-state index in [4.69, 9.17) is 10.5 Å². The lowest BCUT2D eigenvalue weighted by Gasteiger charge is -2.31. The summed E-state index contributed by atoms with van der Waals surface area (Å²) in [6.45, 7) is 8.51. The summed E-state index contributed by atoms with van der Waals surface area (Å²) in [7, 11) is 0. The fourth-order valence-electron chi connectivity index (χ4n) is 3.80. The molecular formula is C25H34N6O3. The van der Waals surface area contributed by atoms with Gasteiger partial charge in [0.1, 0.15) is 17.8 Å². The lowest BCUT2D eigenvalue weighted by Crippen LogP contribution is -2.41. The van der Waals surface area contributed by atoms with E-state index in [1.807, 2.05) is 32.0 Å². The number of nitrogens with one attached hydrogen (secondary N) is 1. The predicted octanol–water partition coefficient (Wildman–Crippen LogP) is 2.77. The number of aliphatic hydroxyl groups is 1. The Hall–Kier alpha value is -3.14. The number of aromatic nitrogens is 4. The first-order valence-electron chi connectivity index (χ1n) is 11.5. The fourth-order valence-corrected chi connectivity index (χ4v) is 3.80. The molecule has 0 aliphatic carbocycles. The Morgan fingerprint density at radius 2 is 2.12 bits per heavy atom. The molecule has 0 fully saturated rings. The van der Waals surface area contributed by atoms with E-state index in [1.165, 1.54) is 18.1 Å². The molecule has 2 unspecified atom stereocenters. The van der Waals surface area contributed by atoms with E-state index in [9.17, 15) is 9.90 Å². The lowest BCUT2D eigenvalue weighted by atomic mass is 9.99. The van der Waals surface area contributed by atoms with Gasteiger partial charge in [0.15, 0.2) is 5.79 Å². The molecule has 9 heteroatoms. The Bertz CT molecular complexity index is 1090. The summed E-state index contributed by atoms with van der Waals surface area (Å²) in [6, 6.07) is 9.85. The molecule has 3 rings (SSSR count). The highest BCUT2D eigenvalue weighted by molar-refractivity contribution is 6.10. The molecule has 1 aromatic carbocycles. The van der Waals surface area contributed by atoms with Crippen molar-refractivity contribution in [3.05, 3.63) is 71.4 Å². The summed E-state index contributed by atoms with van der Waals surface area (Å²) in [6.07, 6.45) is 5.05. The number of aryl methyl sites for hydroxylation is 1. The van der Waals surface area contributed by atoms with E-state index < -0.39 is 5.79 Å². The molecule has 0 bridgehead atoms. The average molecular weight is 467 g/mol. The average Bonchev–Trinajstić information content (AvgIpc) is 3.25. The molecule has 0 radical (unpaired) electrons. The topological polar surface area (TPSA) is 128 Å². The number of anilines is 1. The maximum Gasteiger partial charge on any atom is 0.218 e. The van der Waals surface area contributed by atoms with E-state index in [1.54, 1.807) is 30.8 Å². The molecular weight excluding hydrogens is 432 g/mol. The summed E-state index contributed by atoms with van der Waals surface area (Å²) < 4.78 is 7.56. The minimum absolute atomic E-state index is 0.0252. The van der Waals surface area contributed by atoms with Gasteiger partial charge in [-0.25, -0.2) is 9.97 Å². The molecule has 2 aromatic heterocycles. The van der Waals surface area contributed by atoms with Crippen molar-refractivity contribution >= 4 is 11.6 Å². The molecule has 0 saturated heterocycles. The number of hydrogen-bond donors (Lipinski definition) is 3. The van der Waals surface area contributed by atoms with Gasteiger partial charge in [0.2, 0.25) is 5.78 Å². The number of ketones is 1. The molecule has 2 atom stereocenters. The Kier molecular flexibility index (Phi) is 8.49. The van der Waals surface area contributed by atoms with E-state index in [0.717, 1.165) is 12.0 Å². The summed E-state index contributed by atoms with van der Waals surface area (Å²) in [4.78, 5) is 21.5. The number of rotatable bonds is 12. The number of carbonyl (C=O) groups is 1. The highest BCUT2D eigenvalue weighted by atomic mass is 16.6. The van der Waals surface area contributed by atoms with Crippen LogP contribution in [-0.4, -0.2) is 55.6 Å². The van der Waals surface area contributed by atoms with Crippen LogP contribution < -0.4 is 11.1 Å². The number of benzene rings is 1. The Labute approximate surface area is 200 Å². The van der Waals surface area contributed by atoms with Gasteiger partial charge in [0, 0.05) is 18.9 Å². The molecule has 0 aliphatic heterocycles. The van der Waals surface area contributed by atoms with Crippen molar-refractivity contribution in [2.75, 3.05) is 18.4 Å². The van der Waals surface area contributed by atoms with E-state index >= 15 is 0 Å². The van der Waals surface area contributed by atoms with Crippen LogP contribution in [-0.2, 0) is 11.3 Å². The van der Waals surface area contributed by atoms with Gasteiger partial charge in [0.25, 0.3) is 0 Å².